The Morgan fingerprint density at radius 3 is 2.21 bits per heavy atom. The molecule has 2 aliphatic rings. The van der Waals surface area contributed by atoms with Crippen LogP contribution < -0.4 is 0 Å². The maximum atomic E-state index is 13.0. The Kier molecular flexibility index (Phi) is 11.5. The largest absolute Gasteiger partial charge is 0.462 e. The van der Waals surface area contributed by atoms with Crippen LogP contribution in [0.4, 0.5) is 0 Å². The van der Waals surface area contributed by atoms with Crippen LogP contribution in [-0.2, 0) is 38.1 Å². The lowest BCUT2D eigenvalue weighted by atomic mass is 9.73. The number of carbonyl (C=O) groups is 4. The minimum absolute atomic E-state index is 0.187. The van der Waals surface area contributed by atoms with Crippen molar-refractivity contribution in [2.24, 2.45) is 11.8 Å². The Morgan fingerprint density at radius 2 is 1.63 bits per heavy atom. The summed E-state index contributed by atoms with van der Waals surface area (Å²) in [5.41, 5.74) is 2.58. The maximum Gasteiger partial charge on any atom is 0.338 e. The molecule has 3 rings (SSSR count). The van der Waals surface area contributed by atoms with E-state index in [2.05, 4.69) is 6.58 Å². The van der Waals surface area contributed by atoms with Gasteiger partial charge in [0.05, 0.1) is 17.7 Å². The molecule has 10 nitrogen and oxygen atoms in total. The van der Waals surface area contributed by atoms with E-state index < -0.39 is 66.4 Å². The smallest absolute Gasteiger partial charge is 0.338 e. The molecular weight excluding hydrogens is 556 g/mol. The van der Waals surface area contributed by atoms with Gasteiger partial charge >= 0.3 is 23.9 Å². The number of carbonyl (C=O) groups excluding carboxylic acids is 4. The number of rotatable bonds is 8. The van der Waals surface area contributed by atoms with Crippen LogP contribution in [-0.4, -0.2) is 59.7 Å². The van der Waals surface area contributed by atoms with Crippen LogP contribution in [0.2, 0.25) is 0 Å². The van der Waals surface area contributed by atoms with E-state index in [4.69, 9.17) is 23.7 Å². The van der Waals surface area contributed by atoms with E-state index >= 15 is 0 Å². The SMILES string of the molecule is C=C1[C@@H]2[C@H](OC(C)=O)OC=C([C@@H](OC(C)=O)[C@@H](C=C(C)C)OC(C)=O)[C@H]2CC/C(C)=C\[C@@H](OC(=O)c2ccccc2)[C@H]1O. The molecule has 1 aromatic rings. The molecule has 43 heavy (non-hydrogen) atoms. The fourth-order valence-electron chi connectivity index (χ4n) is 5.35. The number of allylic oxidation sites excluding steroid dienone is 2. The third kappa shape index (κ3) is 8.90. The monoisotopic (exact) mass is 596 g/mol. The van der Waals surface area contributed by atoms with Crippen LogP contribution in [0.3, 0.4) is 0 Å². The lowest BCUT2D eigenvalue weighted by Gasteiger charge is -2.42. The Balaban J connectivity index is 2.09. The van der Waals surface area contributed by atoms with E-state index in [-0.39, 0.29) is 5.57 Å². The maximum absolute atomic E-state index is 13.0. The van der Waals surface area contributed by atoms with Gasteiger partial charge in [-0.2, -0.15) is 0 Å². The van der Waals surface area contributed by atoms with E-state index in [1.165, 1.54) is 27.0 Å². The molecule has 1 N–H and O–H groups in total. The second-order valence-corrected chi connectivity index (χ2v) is 11.0. The van der Waals surface area contributed by atoms with Gasteiger partial charge in [-0.05, 0) is 63.5 Å². The number of aliphatic hydroxyl groups excluding tert-OH is 1. The molecule has 1 heterocycles. The Labute approximate surface area is 252 Å². The number of esters is 4. The van der Waals surface area contributed by atoms with Crippen molar-refractivity contribution in [3.8, 4) is 0 Å². The highest BCUT2D eigenvalue weighted by molar-refractivity contribution is 5.89. The van der Waals surface area contributed by atoms with Crippen LogP contribution in [0.5, 0.6) is 0 Å². The predicted molar refractivity (Wildman–Crippen MR) is 156 cm³/mol. The second kappa shape index (κ2) is 14.8. The van der Waals surface area contributed by atoms with Crippen molar-refractivity contribution < 1.29 is 48.0 Å². The van der Waals surface area contributed by atoms with Crippen molar-refractivity contribution in [2.75, 3.05) is 0 Å². The van der Waals surface area contributed by atoms with E-state index in [1.807, 2.05) is 20.8 Å². The zero-order valence-electron chi connectivity index (χ0n) is 25.4. The molecule has 0 radical (unpaired) electrons. The summed E-state index contributed by atoms with van der Waals surface area (Å²) in [6.45, 7) is 13.4. The zero-order valence-corrected chi connectivity index (χ0v) is 25.4. The minimum Gasteiger partial charge on any atom is -0.462 e. The molecule has 1 aliphatic carbocycles. The highest BCUT2D eigenvalue weighted by atomic mass is 16.7. The van der Waals surface area contributed by atoms with E-state index in [9.17, 15) is 24.3 Å². The lowest BCUT2D eigenvalue weighted by Crippen LogP contribution is -2.47. The molecule has 0 bridgehead atoms. The van der Waals surface area contributed by atoms with Gasteiger partial charge in [-0.15, -0.1) is 0 Å². The molecule has 0 saturated carbocycles. The summed E-state index contributed by atoms with van der Waals surface area (Å²) >= 11 is 0. The molecule has 232 valence electrons. The average molecular weight is 597 g/mol. The average Bonchev–Trinajstić information content (AvgIpc) is 2.96. The molecule has 1 aliphatic heterocycles. The molecule has 0 fully saturated rings. The van der Waals surface area contributed by atoms with Crippen LogP contribution in [0.1, 0.15) is 64.7 Å². The standard InChI is InChI=1S/C33H40O10/c1-18(2)15-28(40-21(5)34)31(41-22(6)35)26-17-39-33(42-23(7)36)29-20(4)30(37)27(16-19(3)13-14-25(26)29)43-32(38)24-11-9-8-10-12-24/h8-12,15-17,25,27-31,33,37H,4,13-14H2,1-3,5-7H3/b19-16-/t25-,27-,28-,29+,30+,31-,33+/m1/s1. The summed E-state index contributed by atoms with van der Waals surface area (Å²) in [6, 6.07) is 8.39. The summed E-state index contributed by atoms with van der Waals surface area (Å²) < 4.78 is 28.5. The van der Waals surface area contributed by atoms with Crippen LogP contribution in [0, 0.1) is 11.8 Å². The van der Waals surface area contributed by atoms with Gasteiger partial charge in [-0.3, -0.25) is 14.4 Å². The number of aliphatic hydroxyl groups is 1. The van der Waals surface area contributed by atoms with Crippen LogP contribution >= 0.6 is 0 Å². The Hall–Kier alpha value is -4.18. The molecule has 0 aromatic heterocycles. The summed E-state index contributed by atoms with van der Waals surface area (Å²) in [4.78, 5) is 49.4. The molecule has 1 aromatic carbocycles. The van der Waals surface area contributed by atoms with Gasteiger partial charge in [0.2, 0.25) is 6.29 Å². The molecule has 0 saturated heterocycles. The fourth-order valence-corrected chi connectivity index (χ4v) is 5.35. The Bertz CT molecular complexity index is 1300. The van der Waals surface area contributed by atoms with Crippen LogP contribution in [0.25, 0.3) is 0 Å². The third-order valence-corrected chi connectivity index (χ3v) is 7.17. The first kappa shape index (κ1) is 33.3. The predicted octanol–water partition coefficient (Wildman–Crippen LogP) is 4.73. The first-order valence-electron chi connectivity index (χ1n) is 14.1. The quantitative estimate of drug-likeness (QED) is 0.255. The second-order valence-electron chi connectivity index (χ2n) is 11.0. The molecule has 0 amide bonds. The molecule has 10 heteroatoms. The molecular formula is C33H40O10. The van der Waals surface area contributed by atoms with Crippen molar-refractivity contribution >= 4 is 23.9 Å². The first-order valence-corrected chi connectivity index (χ1v) is 14.1. The highest BCUT2D eigenvalue weighted by Crippen LogP contribution is 2.44. The number of ether oxygens (including phenoxy) is 5. The first-order chi connectivity index (χ1) is 20.3. The van der Waals surface area contributed by atoms with Gasteiger partial charge in [0, 0.05) is 32.3 Å². The lowest BCUT2D eigenvalue weighted by molar-refractivity contribution is -0.184. The van der Waals surface area contributed by atoms with E-state index in [0.717, 1.165) is 11.1 Å². The van der Waals surface area contributed by atoms with Gasteiger partial charge in [-0.1, -0.05) is 35.9 Å². The van der Waals surface area contributed by atoms with Gasteiger partial charge in [0.1, 0.15) is 6.10 Å². The number of hydrogen-bond donors (Lipinski definition) is 1. The fraction of sp³-hybridized carbons (Fsp3) is 0.455. The van der Waals surface area contributed by atoms with Gasteiger partial charge in [0.25, 0.3) is 0 Å². The van der Waals surface area contributed by atoms with Crippen molar-refractivity contribution in [1.82, 2.24) is 0 Å². The van der Waals surface area contributed by atoms with Gasteiger partial charge in [-0.25, -0.2) is 4.79 Å². The Morgan fingerprint density at radius 1 is 0.977 bits per heavy atom. The normalized spacial score (nSPS) is 26.1. The van der Waals surface area contributed by atoms with Crippen molar-refractivity contribution in [1.29, 1.82) is 0 Å². The highest BCUT2D eigenvalue weighted by Gasteiger charge is 2.48. The summed E-state index contributed by atoms with van der Waals surface area (Å²) in [5, 5.41) is 11.6. The summed E-state index contributed by atoms with van der Waals surface area (Å²) in [5.74, 6) is -3.85. The van der Waals surface area contributed by atoms with Crippen molar-refractivity contribution in [3.05, 3.63) is 83.2 Å². The topological polar surface area (TPSA) is 135 Å². The van der Waals surface area contributed by atoms with E-state index in [1.54, 1.807) is 42.5 Å². The van der Waals surface area contributed by atoms with Gasteiger partial charge in [0.15, 0.2) is 18.3 Å². The number of benzene rings is 1. The minimum atomic E-state index is -1.41. The molecule has 7 atom stereocenters. The number of fused-ring (bicyclic) bond motifs is 1. The molecule has 0 spiro atoms. The zero-order chi connectivity index (χ0) is 31.8. The third-order valence-electron chi connectivity index (χ3n) is 7.17. The van der Waals surface area contributed by atoms with E-state index in [0.29, 0.717) is 24.0 Å². The van der Waals surface area contributed by atoms with Crippen molar-refractivity contribution in [3.63, 3.8) is 0 Å². The van der Waals surface area contributed by atoms with Crippen LogP contribution in [0.15, 0.2) is 77.6 Å². The van der Waals surface area contributed by atoms with Gasteiger partial charge < -0.3 is 28.8 Å². The molecule has 0 unspecified atom stereocenters. The summed E-state index contributed by atoms with van der Waals surface area (Å²) in [7, 11) is 0. The van der Waals surface area contributed by atoms with Crippen molar-refractivity contribution in [2.45, 2.75) is 85.1 Å². The number of hydrogen-bond acceptors (Lipinski definition) is 10. The summed E-state index contributed by atoms with van der Waals surface area (Å²) in [6.07, 6.45) is -0.189.